The lowest BCUT2D eigenvalue weighted by atomic mass is 9.91. The molecule has 0 radical (unpaired) electrons. The molecule has 1 aliphatic carbocycles. The maximum absolute atomic E-state index is 12.6. The van der Waals surface area contributed by atoms with Crippen molar-refractivity contribution in [2.45, 2.75) is 46.0 Å². The van der Waals surface area contributed by atoms with E-state index in [0.717, 1.165) is 52.6 Å². The van der Waals surface area contributed by atoms with E-state index in [4.69, 9.17) is 21.7 Å². The second-order valence-electron chi connectivity index (χ2n) is 8.13. The maximum atomic E-state index is 12.6. The third-order valence-corrected chi connectivity index (χ3v) is 6.79. The van der Waals surface area contributed by atoms with E-state index in [2.05, 4.69) is 25.2 Å². The Morgan fingerprint density at radius 3 is 2.72 bits per heavy atom. The summed E-state index contributed by atoms with van der Waals surface area (Å²) in [7, 11) is 1.60. The van der Waals surface area contributed by atoms with Crippen molar-refractivity contribution in [1.29, 1.82) is 5.26 Å². The average molecular weight is 469 g/mol. The molecule has 0 saturated heterocycles. The normalized spacial score (nSPS) is 13.0. The van der Waals surface area contributed by atoms with Crippen molar-refractivity contribution in [2.24, 2.45) is 5.92 Å². The van der Waals surface area contributed by atoms with Crippen molar-refractivity contribution in [3.63, 3.8) is 0 Å². The summed E-state index contributed by atoms with van der Waals surface area (Å²) in [5.41, 5.74) is 3.46. The molecule has 5 nitrogen and oxygen atoms in total. The van der Waals surface area contributed by atoms with E-state index in [-0.39, 0.29) is 5.91 Å². The Labute approximate surface area is 198 Å². The number of ether oxygens (including phenoxy) is 2. The summed E-state index contributed by atoms with van der Waals surface area (Å²) >= 11 is 6.83. The SMILES string of the molecule is COc1cc(C=CC(=O)Nc2sc(=S)c3c(c2C#N)CCCC3)ccc1OCCC(C)C. The molecule has 0 saturated carbocycles. The number of carbonyl (C=O) groups is 1. The van der Waals surface area contributed by atoms with Crippen LogP contribution in [0, 0.1) is 21.1 Å². The van der Waals surface area contributed by atoms with Crippen molar-refractivity contribution in [3.05, 3.63) is 50.4 Å². The van der Waals surface area contributed by atoms with Gasteiger partial charge in [-0.05, 0) is 72.9 Å². The number of nitrogens with zero attached hydrogens (tertiary/aromatic N) is 1. The van der Waals surface area contributed by atoms with Crippen LogP contribution in [0.1, 0.15) is 55.4 Å². The van der Waals surface area contributed by atoms with E-state index in [1.54, 1.807) is 13.2 Å². The summed E-state index contributed by atoms with van der Waals surface area (Å²) in [5.74, 6) is 1.56. The molecule has 0 unspecified atom stereocenters. The zero-order chi connectivity index (χ0) is 23.1. The molecule has 1 aromatic heterocycles. The molecule has 0 aliphatic heterocycles. The highest BCUT2D eigenvalue weighted by Crippen LogP contribution is 2.34. The van der Waals surface area contributed by atoms with Crippen LogP contribution in [0.2, 0.25) is 0 Å². The quantitative estimate of drug-likeness (QED) is 0.363. The molecule has 1 N–H and O–H groups in total. The van der Waals surface area contributed by atoms with Gasteiger partial charge in [0, 0.05) is 6.08 Å². The van der Waals surface area contributed by atoms with E-state index in [1.165, 1.54) is 17.4 Å². The third kappa shape index (κ3) is 5.96. The van der Waals surface area contributed by atoms with Crippen LogP contribution in [0.4, 0.5) is 5.00 Å². The Hall–Kier alpha value is -2.69. The molecule has 3 rings (SSSR count). The molecule has 1 aromatic carbocycles. The van der Waals surface area contributed by atoms with Gasteiger partial charge in [-0.15, -0.1) is 11.3 Å². The maximum Gasteiger partial charge on any atom is 0.249 e. The van der Waals surface area contributed by atoms with Crippen molar-refractivity contribution < 1.29 is 14.3 Å². The largest absolute Gasteiger partial charge is 0.493 e. The van der Waals surface area contributed by atoms with Crippen molar-refractivity contribution in [3.8, 4) is 17.6 Å². The van der Waals surface area contributed by atoms with Crippen LogP contribution < -0.4 is 14.8 Å². The van der Waals surface area contributed by atoms with E-state index < -0.39 is 0 Å². The molecular weight excluding hydrogens is 440 g/mol. The fraction of sp³-hybridized carbons (Fsp3) is 0.400. The van der Waals surface area contributed by atoms with Crippen LogP contribution in [-0.2, 0) is 17.6 Å². The van der Waals surface area contributed by atoms with Gasteiger partial charge in [-0.2, -0.15) is 5.26 Å². The summed E-state index contributed by atoms with van der Waals surface area (Å²) in [5, 5.41) is 13.1. The van der Waals surface area contributed by atoms with Crippen LogP contribution in [0.5, 0.6) is 11.5 Å². The van der Waals surface area contributed by atoms with Crippen molar-refractivity contribution >= 4 is 40.5 Å². The lowest BCUT2D eigenvalue weighted by molar-refractivity contribution is -0.111. The predicted octanol–water partition coefficient (Wildman–Crippen LogP) is 6.31. The van der Waals surface area contributed by atoms with Crippen LogP contribution >= 0.6 is 23.6 Å². The molecule has 7 heteroatoms. The fourth-order valence-electron chi connectivity index (χ4n) is 3.59. The first-order valence-corrected chi connectivity index (χ1v) is 12.0. The van der Waals surface area contributed by atoms with Crippen LogP contribution in [0.3, 0.4) is 0 Å². The molecule has 0 fully saturated rings. The van der Waals surface area contributed by atoms with Crippen molar-refractivity contribution in [2.75, 3.05) is 19.0 Å². The van der Waals surface area contributed by atoms with Crippen LogP contribution in [0.25, 0.3) is 6.08 Å². The average Bonchev–Trinajstić information content (AvgIpc) is 2.78. The van der Waals surface area contributed by atoms with E-state index in [9.17, 15) is 10.1 Å². The van der Waals surface area contributed by atoms with E-state index >= 15 is 0 Å². The summed E-state index contributed by atoms with van der Waals surface area (Å²) in [6, 6.07) is 7.82. The van der Waals surface area contributed by atoms with Gasteiger partial charge in [0.15, 0.2) is 11.5 Å². The molecular formula is C25H28N2O3S2. The van der Waals surface area contributed by atoms with Gasteiger partial charge >= 0.3 is 0 Å². The smallest absolute Gasteiger partial charge is 0.249 e. The minimum atomic E-state index is -0.306. The molecule has 0 spiro atoms. The molecule has 1 amide bonds. The second-order valence-corrected chi connectivity index (χ2v) is 9.82. The third-order valence-electron chi connectivity index (χ3n) is 5.35. The van der Waals surface area contributed by atoms with Gasteiger partial charge in [-0.25, -0.2) is 0 Å². The summed E-state index contributed by atoms with van der Waals surface area (Å²) in [6.07, 6.45) is 7.99. The number of methoxy groups -OCH3 is 1. The summed E-state index contributed by atoms with van der Waals surface area (Å²) in [4.78, 5) is 12.6. The van der Waals surface area contributed by atoms with Crippen LogP contribution in [-0.4, -0.2) is 19.6 Å². The van der Waals surface area contributed by atoms with Gasteiger partial charge in [0.2, 0.25) is 5.91 Å². The topological polar surface area (TPSA) is 71.3 Å². The van der Waals surface area contributed by atoms with Crippen LogP contribution in [0.15, 0.2) is 24.3 Å². The number of carbonyl (C=O) groups excluding carboxylic acids is 1. The lowest BCUT2D eigenvalue weighted by Gasteiger charge is -2.18. The number of hydrogen-bond donors (Lipinski definition) is 1. The second kappa shape index (κ2) is 11.3. The van der Waals surface area contributed by atoms with Crippen molar-refractivity contribution in [1.82, 2.24) is 0 Å². The minimum Gasteiger partial charge on any atom is -0.493 e. The number of rotatable bonds is 8. The number of amides is 1. The lowest BCUT2D eigenvalue weighted by Crippen LogP contribution is -2.12. The molecule has 1 heterocycles. The fourth-order valence-corrected chi connectivity index (χ4v) is 5.02. The Bertz CT molecular complexity index is 1110. The Balaban J connectivity index is 1.73. The first-order valence-electron chi connectivity index (χ1n) is 10.8. The zero-order valence-corrected chi connectivity index (χ0v) is 20.3. The summed E-state index contributed by atoms with van der Waals surface area (Å²) in [6.45, 7) is 4.93. The Morgan fingerprint density at radius 2 is 2.03 bits per heavy atom. The molecule has 168 valence electrons. The number of anilines is 1. The first kappa shape index (κ1) is 24.0. The summed E-state index contributed by atoms with van der Waals surface area (Å²) < 4.78 is 12.0. The van der Waals surface area contributed by atoms with Gasteiger partial charge in [0.1, 0.15) is 11.1 Å². The Morgan fingerprint density at radius 1 is 1.28 bits per heavy atom. The minimum absolute atomic E-state index is 0.306. The molecule has 0 atom stereocenters. The Kier molecular flexibility index (Phi) is 8.43. The molecule has 0 bridgehead atoms. The van der Waals surface area contributed by atoms with E-state index in [1.807, 2.05) is 18.2 Å². The highest BCUT2D eigenvalue weighted by atomic mass is 32.1. The molecule has 32 heavy (non-hydrogen) atoms. The number of nitriles is 1. The standard InChI is InChI=1S/C25H28N2O3S2/c1-16(2)12-13-30-21-10-8-17(14-22(21)29-3)9-11-23(28)27-24-20(15-26)18-6-4-5-7-19(18)25(31)32-24/h8-11,14,16H,4-7,12-13H2,1-3H3,(H,27,28). The number of benzene rings is 1. The number of fused-ring (bicyclic) bond motifs is 1. The number of hydrogen-bond acceptors (Lipinski definition) is 6. The van der Waals surface area contributed by atoms with E-state index in [0.29, 0.717) is 34.6 Å². The van der Waals surface area contributed by atoms with Gasteiger partial charge in [0.05, 0.1) is 23.1 Å². The molecule has 1 aliphatic rings. The predicted molar refractivity (Wildman–Crippen MR) is 132 cm³/mol. The monoisotopic (exact) mass is 468 g/mol. The van der Waals surface area contributed by atoms with Gasteiger partial charge in [-0.3, -0.25) is 4.79 Å². The van der Waals surface area contributed by atoms with Gasteiger partial charge in [-0.1, -0.05) is 32.1 Å². The highest BCUT2D eigenvalue weighted by molar-refractivity contribution is 7.73. The highest BCUT2D eigenvalue weighted by Gasteiger charge is 2.19. The molecule has 2 aromatic rings. The first-order chi connectivity index (χ1) is 15.4. The zero-order valence-electron chi connectivity index (χ0n) is 18.7. The van der Waals surface area contributed by atoms with Gasteiger partial charge < -0.3 is 14.8 Å². The number of nitrogens with one attached hydrogen (secondary N) is 1. The van der Waals surface area contributed by atoms with Gasteiger partial charge in [0.25, 0.3) is 0 Å².